The van der Waals surface area contributed by atoms with E-state index in [9.17, 15) is 0 Å². The number of nitrogens with one attached hydrogen (secondary N) is 1. The van der Waals surface area contributed by atoms with Gasteiger partial charge in [0.25, 0.3) is 0 Å². The van der Waals surface area contributed by atoms with E-state index in [-0.39, 0.29) is 0 Å². The Balaban J connectivity index is 1.49. The Bertz CT molecular complexity index is 238. The SMILES string of the molecule is CC(C)N(C)CCCCN1CCC(NC2CC2)C1. The molecule has 1 aliphatic heterocycles. The standard InChI is InChI=1S/C15H31N3/c1-13(2)17(3)9-4-5-10-18-11-8-15(12-18)16-14-6-7-14/h13-16H,4-12H2,1-3H3. The van der Waals surface area contributed by atoms with Gasteiger partial charge in [-0.3, -0.25) is 0 Å². The van der Waals surface area contributed by atoms with Gasteiger partial charge in [0, 0.05) is 24.7 Å². The Hall–Kier alpha value is -0.120. The highest BCUT2D eigenvalue weighted by Crippen LogP contribution is 2.22. The molecule has 0 aromatic heterocycles. The van der Waals surface area contributed by atoms with Gasteiger partial charge in [-0.25, -0.2) is 0 Å². The van der Waals surface area contributed by atoms with Gasteiger partial charge in [0.05, 0.1) is 0 Å². The van der Waals surface area contributed by atoms with E-state index in [0.717, 1.165) is 12.1 Å². The third-order valence-corrected chi connectivity index (χ3v) is 4.44. The third kappa shape index (κ3) is 4.87. The Kier molecular flexibility index (Phi) is 5.46. The molecular formula is C15H31N3. The smallest absolute Gasteiger partial charge is 0.0209 e. The van der Waals surface area contributed by atoms with Crippen molar-refractivity contribution < 1.29 is 0 Å². The van der Waals surface area contributed by atoms with Crippen LogP contribution < -0.4 is 5.32 Å². The molecule has 0 amide bonds. The lowest BCUT2D eigenvalue weighted by molar-refractivity contribution is 0.255. The van der Waals surface area contributed by atoms with E-state index in [4.69, 9.17) is 0 Å². The summed E-state index contributed by atoms with van der Waals surface area (Å²) in [5.74, 6) is 0. The van der Waals surface area contributed by atoms with Crippen molar-refractivity contribution in [3.05, 3.63) is 0 Å². The first-order chi connectivity index (χ1) is 8.65. The van der Waals surface area contributed by atoms with Crippen molar-refractivity contribution in [3.63, 3.8) is 0 Å². The number of hydrogen-bond acceptors (Lipinski definition) is 3. The average molecular weight is 253 g/mol. The van der Waals surface area contributed by atoms with E-state index in [2.05, 4.69) is 36.0 Å². The molecule has 2 aliphatic rings. The molecule has 0 radical (unpaired) electrons. The van der Waals surface area contributed by atoms with Gasteiger partial charge in [0.2, 0.25) is 0 Å². The molecule has 18 heavy (non-hydrogen) atoms. The van der Waals surface area contributed by atoms with Crippen molar-refractivity contribution in [2.45, 2.75) is 64.1 Å². The van der Waals surface area contributed by atoms with Crippen LogP contribution in [0.25, 0.3) is 0 Å². The minimum Gasteiger partial charge on any atom is -0.310 e. The molecular weight excluding hydrogens is 222 g/mol. The third-order valence-electron chi connectivity index (χ3n) is 4.44. The van der Waals surface area contributed by atoms with Gasteiger partial charge >= 0.3 is 0 Å². The zero-order chi connectivity index (χ0) is 13.0. The lowest BCUT2D eigenvalue weighted by Crippen LogP contribution is -2.34. The van der Waals surface area contributed by atoms with E-state index in [1.807, 2.05) is 0 Å². The summed E-state index contributed by atoms with van der Waals surface area (Å²) in [7, 11) is 2.23. The lowest BCUT2D eigenvalue weighted by Gasteiger charge is -2.22. The summed E-state index contributed by atoms with van der Waals surface area (Å²) in [6.45, 7) is 9.69. The lowest BCUT2D eigenvalue weighted by atomic mass is 10.2. The summed E-state index contributed by atoms with van der Waals surface area (Å²) in [5.41, 5.74) is 0. The molecule has 1 saturated carbocycles. The summed E-state index contributed by atoms with van der Waals surface area (Å²) in [5, 5.41) is 3.76. The van der Waals surface area contributed by atoms with Crippen LogP contribution in [0.2, 0.25) is 0 Å². The second-order valence-electron chi connectivity index (χ2n) is 6.51. The van der Waals surface area contributed by atoms with Crippen molar-refractivity contribution in [3.8, 4) is 0 Å². The van der Waals surface area contributed by atoms with Crippen LogP contribution >= 0.6 is 0 Å². The number of likely N-dealkylation sites (tertiary alicyclic amines) is 1. The number of rotatable bonds is 8. The van der Waals surface area contributed by atoms with Crippen molar-refractivity contribution in [2.75, 3.05) is 33.2 Å². The molecule has 1 saturated heterocycles. The van der Waals surface area contributed by atoms with Gasteiger partial charge in [0.1, 0.15) is 0 Å². The van der Waals surface area contributed by atoms with Crippen molar-refractivity contribution in [2.24, 2.45) is 0 Å². The summed E-state index contributed by atoms with van der Waals surface area (Å²) in [6, 6.07) is 2.34. The predicted octanol–water partition coefficient (Wildman–Crippen LogP) is 1.93. The second-order valence-corrected chi connectivity index (χ2v) is 6.51. The fourth-order valence-electron chi connectivity index (χ4n) is 2.71. The highest BCUT2D eigenvalue weighted by atomic mass is 15.2. The van der Waals surface area contributed by atoms with Crippen LogP contribution in [-0.4, -0.2) is 61.2 Å². The normalized spacial score (nSPS) is 25.5. The highest BCUT2D eigenvalue weighted by molar-refractivity contribution is 4.89. The van der Waals surface area contributed by atoms with E-state index >= 15 is 0 Å². The summed E-state index contributed by atoms with van der Waals surface area (Å²) in [6.07, 6.45) is 6.89. The van der Waals surface area contributed by atoms with Crippen LogP contribution in [0.4, 0.5) is 0 Å². The molecule has 0 aromatic carbocycles. The Labute approximate surface area is 113 Å². The maximum Gasteiger partial charge on any atom is 0.0209 e. The molecule has 1 unspecified atom stereocenters. The molecule has 106 valence electrons. The zero-order valence-corrected chi connectivity index (χ0v) is 12.5. The Morgan fingerprint density at radius 2 is 1.94 bits per heavy atom. The maximum absolute atomic E-state index is 3.76. The molecule has 1 atom stereocenters. The van der Waals surface area contributed by atoms with Crippen LogP contribution in [0.15, 0.2) is 0 Å². The molecule has 3 heteroatoms. The fourth-order valence-corrected chi connectivity index (χ4v) is 2.71. The monoisotopic (exact) mass is 253 g/mol. The summed E-state index contributed by atoms with van der Waals surface area (Å²) < 4.78 is 0. The predicted molar refractivity (Wildman–Crippen MR) is 78.0 cm³/mol. The second kappa shape index (κ2) is 6.88. The van der Waals surface area contributed by atoms with Gasteiger partial charge in [-0.2, -0.15) is 0 Å². The summed E-state index contributed by atoms with van der Waals surface area (Å²) in [4.78, 5) is 5.09. The number of hydrogen-bond donors (Lipinski definition) is 1. The number of unbranched alkanes of at least 4 members (excludes halogenated alkanes) is 1. The summed E-state index contributed by atoms with van der Waals surface area (Å²) >= 11 is 0. The van der Waals surface area contributed by atoms with Gasteiger partial charge in [-0.05, 0) is 72.6 Å². The first-order valence-electron chi connectivity index (χ1n) is 7.84. The van der Waals surface area contributed by atoms with Crippen molar-refractivity contribution >= 4 is 0 Å². The van der Waals surface area contributed by atoms with Crippen LogP contribution in [0.3, 0.4) is 0 Å². The molecule has 1 N–H and O–H groups in total. The van der Waals surface area contributed by atoms with Crippen molar-refractivity contribution in [1.29, 1.82) is 0 Å². The van der Waals surface area contributed by atoms with Gasteiger partial charge in [-0.1, -0.05) is 0 Å². The molecule has 1 aliphatic carbocycles. The number of nitrogens with zero attached hydrogens (tertiary/aromatic N) is 2. The van der Waals surface area contributed by atoms with E-state index in [0.29, 0.717) is 6.04 Å². The zero-order valence-electron chi connectivity index (χ0n) is 12.5. The highest BCUT2D eigenvalue weighted by Gasteiger charge is 2.28. The first-order valence-corrected chi connectivity index (χ1v) is 7.84. The Morgan fingerprint density at radius 3 is 2.61 bits per heavy atom. The van der Waals surface area contributed by atoms with Crippen LogP contribution in [0.1, 0.15) is 46.0 Å². The van der Waals surface area contributed by atoms with Crippen LogP contribution in [0.5, 0.6) is 0 Å². The van der Waals surface area contributed by atoms with Crippen LogP contribution in [0, 0.1) is 0 Å². The van der Waals surface area contributed by atoms with E-state index in [1.54, 1.807) is 0 Å². The van der Waals surface area contributed by atoms with E-state index < -0.39 is 0 Å². The van der Waals surface area contributed by atoms with Gasteiger partial charge < -0.3 is 15.1 Å². The molecule has 2 fully saturated rings. The Morgan fingerprint density at radius 1 is 1.17 bits per heavy atom. The topological polar surface area (TPSA) is 18.5 Å². The van der Waals surface area contributed by atoms with Gasteiger partial charge in [-0.15, -0.1) is 0 Å². The molecule has 3 nitrogen and oxygen atoms in total. The van der Waals surface area contributed by atoms with E-state index in [1.165, 1.54) is 58.3 Å². The average Bonchev–Trinajstić information content (AvgIpc) is 3.03. The first kappa shape index (κ1) is 14.3. The molecule has 0 spiro atoms. The van der Waals surface area contributed by atoms with Crippen LogP contribution in [-0.2, 0) is 0 Å². The molecule has 2 rings (SSSR count). The quantitative estimate of drug-likeness (QED) is 0.667. The van der Waals surface area contributed by atoms with Crippen molar-refractivity contribution in [1.82, 2.24) is 15.1 Å². The minimum atomic E-state index is 0.684. The fraction of sp³-hybridized carbons (Fsp3) is 1.00. The minimum absolute atomic E-state index is 0.684. The molecule has 0 aromatic rings. The molecule has 1 heterocycles. The molecule has 0 bridgehead atoms. The largest absolute Gasteiger partial charge is 0.310 e. The maximum atomic E-state index is 3.76. The van der Waals surface area contributed by atoms with Gasteiger partial charge in [0.15, 0.2) is 0 Å².